The first kappa shape index (κ1) is 21.2. The Morgan fingerprint density at radius 2 is 1.88 bits per heavy atom. The van der Waals surface area contributed by atoms with Gasteiger partial charge in [0.1, 0.15) is 17.0 Å². The molecule has 4 aromatic heterocycles. The van der Waals surface area contributed by atoms with Crippen molar-refractivity contribution >= 4 is 22.8 Å². The van der Waals surface area contributed by atoms with E-state index in [1.165, 1.54) is 16.9 Å². The van der Waals surface area contributed by atoms with Crippen LogP contribution in [0.5, 0.6) is 0 Å². The van der Waals surface area contributed by atoms with E-state index in [-0.39, 0.29) is 22.9 Å². The number of rotatable bonds is 5. The van der Waals surface area contributed by atoms with E-state index < -0.39 is 11.3 Å². The molecule has 1 amide bonds. The average Bonchev–Trinajstić information content (AvgIpc) is 3.13. The third kappa shape index (κ3) is 3.82. The van der Waals surface area contributed by atoms with Crippen LogP contribution in [-0.2, 0) is 13.0 Å². The van der Waals surface area contributed by atoms with E-state index in [0.29, 0.717) is 35.4 Å². The Bertz CT molecular complexity index is 1460. The van der Waals surface area contributed by atoms with E-state index in [2.05, 4.69) is 25.4 Å². The van der Waals surface area contributed by atoms with Gasteiger partial charge in [-0.2, -0.15) is 9.78 Å². The lowest BCUT2D eigenvalue weighted by Gasteiger charge is -2.12. The molecule has 4 aromatic rings. The van der Waals surface area contributed by atoms with Gasteiger partial charge in [-0.3, -0.25) is 19.4 Å². The molecule has 0 bridgehead atoms. The highest BCUT2D eigenvalue weighted by Crippen LogP contribution is 2.16. The lowest BCUT2D eigenvalue weighted by atomic mass is 10.1. The molecule has 0 atom stereocenters. The highest BCUT2D eigenvalue weighted by atomic mass is 16.2. The van der Waals surface area contributed by atoms with Gasteiger partial charge in [-0.25, -0.2) is 9.97 Å². The van der Waals surface area contributed by atoms with Gasteiger partial charge in [-0.15, -0.1) is 0 Å². The normalized spacial score (nSPS) is 11.1. The third-order valence-corrected chi connectivity index (χ3v) is 5.06. The Balaban J connectivity index is 1.78. The summed E-state index contributed by atoms with van der Waals surface area (Å²) in [6.07, 6.45) is 2.08. The predicted octanol–water partition coefficient (Wildman–Crippen LogP) is 2.12. The molecule has 2 N–H and O–H groups in total. The third-order valence-electron chi connectivity index (χ3n) is 5.06. The topological polar surface area (TPSA) is 128 Å². The lowest BCUT2D eigenvalue weighted by molar-refractivity contribution is 0.102. The number of aromatic amines is 1. The molecule has 0 aromatic carbocycles. The van der Waals surface area contributed by atoms with E-state index in [1.807, 2.05) is 20.8 Å². The SMILES string of the molecule is CCc1cc(=O)[nH]c(-n2nc(C)cc2NC(=O)c2cn(CC)c3nc(C)ccc3c2=O)n1. The number of carbonyl (C=O) groups excluding carboxylic acids is 1. The molecule has 0 saturated carbocycles. The highest BCUT2D eigenvalue weighted by Gasteiger charge is 2.19. The minimum atomic E-state index is -0.588. The molecule has 0 aliphatic heterocycles. The number of fused-ring (bicyclic) bond motifs is 1. The zero-order valence-corrected chi connectivity index (χ0v) is 18.3. The monoisotopic (exact) mass is 433 g/mol. The van der Waals surface area contributed by atoms with Crippen molar-refractivity contribution in [1.29, 1.82) is 0 Å². The second kappa shape index (κ2) is 8.22. The van der Waals surface area contributed by atoms with Crippen LogP contribution in [0.4, 0.5) is 5.82 Å². The smallest absolute Gasteiger partial charge is 0.262 e. The number of hydrogen-bond acceptors (Lipinski definition) is 6. The summed E-state index contributed by atoms with van der Waals surface area (Å²) in [5, 5.41) is 7.44. The largest absolute Gasteiger partial charge is 0.332 e. The number of anilines is 1. The molecule has 0 aliphatic rings. The first-order valence-electron chi connectivity index (χ1n) is 10.3. The predicted molar refractivity (Wildman–Crippen MR) is 120 cm³/mol. The zero-order chi connectivity index (χ0) is 23.0. The molecule has 0 saturated heterocycles. The molecule has 164 valence electrons. The van der Waals surface area contributed by atoms with Crippen molar-refractivity contribution in [2.75, 3.05) is 5.32 Å². The van der Waals surface area contributed by atoms with Gasteiger partial charge in [0.2, 0.25) is 11.4 Å². The van der Waals surface area contributed by atoms with Crippen molar-refractivity contribution in [2.24, 2.45) is 0 Å². The zero-order valence-electron chi connectivity index (χ0n) is 18.3. The highest BCUT2D eigenvalue weighted by molar-refractivity contribution is 6.05. The second-order valence-electron chi connectivity index (χ2n) is 7.43. The van der Waals surface area contributed by atoms with Crippen molar-refractivity contribution in [1.82, 2.24) is 29.3 Å². The van der Waals surface area contributed by atoms with Crippen LogP contribution in [-0.4, -0.2) is 35.2 Å². The van der Waals surface area contributed by atoms with Crippen molar-refractivity contribution in [2.45, 2.75) is 40.7 Å². The second-order valence-corrected chi connectivity index (χ2v) is 7.43. The summed E-state index contributed by atoms with van der Waals surface area (Å²) in [4.78, 5) is 49.6. The van der Waals surface area contributed by atoms with Crippen LogP contribution in [0.3, 0.4) is 0 Å². The molecule has 0 radical (unpaired) electrons. The van der Waals surface area contributed by atoms with E-state index in [1.54, 1.807) is 29.7 Å². The fraction of sp³-hybridized carbons (Fsp3) is 0.273. The van der Waals surface area contributed by atoms with Gasteiger partial charge in [-0.1, -0.05) is 6.92 Å². The van der Waals surface area contributed by atoms with E-state index in [0.717, 1.165) is 5.69 Å². The molecular weight excluding hydrogens is 410 g/mol. The number of aryl methyl sites for hydroxylation is 4. The molecule has 0 aliphatic carbocycles. The van der Waals surface area contributed by atoms with Gasteiger partial charge in [0.15, 0.2) is 0 Å². The van der Waals surface area contributed by atoms with Gasteiger partial charge >= 0.3 is 0 Å². The Morgan fingerprint density at radius 3 is 2.59 bits per heavy atom. The number of aromatic nitrogens is 6. The van der Waals surface area contributed by atoms with Gasteiger partial charge in [-0.05, 0) is 39.3 Å². The van der Waals surface area contributed by atoms with Crippen LogP contribution in [0.15, 0.2) is 40.1 Å². The number of nitrogens with one attached hydrogen (secondary N) is 2. The van der Waals surface area contributed by atoms with Gasteiger partial charge in [0.25, 0.3) is 11.5 Å². The van der Waals surface area contributed by atoms with E-state index >= 15 is 0 Å². The van der Waals surface area contributed by atoms with Crippen LogP contribution in [0.1, 0.15) is 41.3 Å². The number of pyridine rings is 2. The summed E-state index contributed by atoms with van der Waals surface area (Å²) in [7, 11) is 0. The fourth-order valence-electron chi connectivity index (χ4n) is 3.47. The van der Waals surface area contributed by atoms with Crippen LogP contribution < -0.4 is 16.3 Å². The maximum atomic E-state index is 13.1. The van der Waals surface area contributed by atoms with Crippen LogP contribution in [0.2, 0.25) is 0 Å². The summed E-state index contributed by atoms with van der Waals surface area (Å²) < 4.78 is 3.11. The maximum Gasteiger partial charge on any atom is 0.262 e. The fourth-order valence-corrected chi connectivity index (χ4v) is 3.47. The number of hydrogen-bond donors (Lipinski definition) is 2. The van der Waals surface area contributed by atoms with Crippen LogP contribution in [0, 0.1) is 13.8 Å². The van der Waals surface area contributed by atoms with E-state index in [9.17, 15) is 14.4 Å². The standard InChI is InChI=1S/C22H23N7O3/c1-5-14-10-18(30)26-22(24-14)29-17(9-13(4)27-29)25-21(32)16-11-28(6-2)20-15(19(16)31)8-7-12(3)23-20/h7-11H,5-6H2,1-4H3,(H,25,32)(H,24,26,30). The van der Waals surface area contributed by atoms with Crippen molar-refractivity contribution < 1.29 is 4.79 Å². The summed E-state index contributed by atoms with van der Waals surface area (Å²) in [5.41, 5.74) is 1.78. The molecule has 0 fully saturated rings. The molecule has 10 nitrogen and oxygen atoms in total. The minimum absolute atomic E-state index is 0.0147. The molecule has 4 heterocycles. The molecular formula is C22H23N7O3. The first-order chi connectivity index (χ1) is 15.3. The maximum absolute atomic E-state index is 13.1. The summed E-state index contributed by atoms with van der Waals surface area (Å²) in [6, 6.07) is 6.48. The quantitative estimate of drug-likeness (QED) is 0.496. The Hall–Kier alpha value is -4.08. The van der Waals surface area contributed by atoms with Crippen molar-refractivity contribution in [3.05, 3.63) is 73.7 Å². The first-order valence-corrected chi connectivity index (χ1v) is 10.3. The minimum Gasteiger partial charge on any atom is -0.332 e. The Morgan fingerprint density at radius 1 is 1.09 bits per heavy atom. The molecule has 0 spiro atoms. The molecule has 10 heteroatoms. The Labute approximate surface area is 183 Å². The molecule has 4 rings (SSSR count). The van der Waals surface area contributed by atoms with Crippen molar-refractivity contribution in [3.8, 4) is 5.95 Å². The molecule has 0 unspecified atom stereocenters. The number of amides is 1. The van der Waals surface area contributed by atoms with Crippen LogP contribution in [0.25, 0.3) is 17.0 Å². The average molecular weight is 433 g/mol. The van der Waals surface area contributed by atoms with E-state index in [4.69, 9.17) is 0 Å². The Kier molecular flexibility index (Phi) is 5.43. The molecule has 32 heavy (non-hydrogen) atoms. The summed E-state index contributed by atoms with van der Waals surface area (Å²) in [6.45, 7) is 7.94. The van der Waals surface area contributed by atoms with Crippen LogP contribution >= 0.6 is 0 Å². The lowest BCUT2D eigenvalue weighted by Crippen LogP contribution is -2.25. The number of nitrogens with zero attached hydrogens (tertiary/aromatic N) is 5. The van der Waals surface area contributed by atoms with Gasteiger partial charge in [0.05, 0.1) is 11.1 Å². The summed E-state index contributed by atoms with van der Waals surface area (Å²) >= 11 is 0. The van der Waals surface area contributed by atoms with Gasteiger partial charge in [0, 0.05) is 36.3 Å². The van der Waals surface area contributed by atoms with Crippen molar-refractivity contribution in [3.63, 3.8) is 0 Å². The van der Waals surface area contributed by atoms with Gasteiger partial charge < -0.3 is 9.88 Å². The number of H-pyrrole nitrogens is 1. The number of carbonyl (C=O) groups is 1. The summed E-state index contributed by atoms with van der Waals surface area (Å²) in [5.74, 6) is -0.120.